The number of amides is 3. The fourth-order valence-corrected chi connectivity index (χ4v) is 3.62. The Hall–Kier alpha value is -4.33. The number of rotatable bonds is 8. The molecule has 3 amide bonds. The molecule has 8 nitrogen and oxygen atoms in total. The van der Waals surface area contributed by atoms with Crippen molar-refractivity contribution in [1.29, 1.82) is 0 Å². The van der Waals surface area contributed by atoms with Crippen molar-refractivity contribution < 1.29 is 14.4 Å². The monoisotopic (exact) mass is 443 g/mol. The van der Waals surface area contributed by atoms with Crippen molar-refractivity contribution in [2.75, 3.05) is 21.7 Å². The number of aromatic nitrogens is 1. The van der Waals surface area contributed by atoms with Gasteiger partial charge in [-0.25, -0.2) is 0 Å². The lowest BCUT2D eigenvalue weighted by molar-refractivity contribution is -0.118. The average molecular weight is 444 g/mol. The maximum absolute atomic E-state index is 12.4. The molecule has 0 saturated heterocycles. The van der Waals surface area contributed by atoms with E-state index in [1.54, 1.807) is 54.7 Å². The second-order valence-corrected chi connectivity index (χ2v) is 7.79. The van der Waals surface area contributed by atoms with E-state index in [0.29, 0.717) is 54.0 Å². The maximum atomic E-state index is 12.4. The minimum atomic E-state index is -0.182. The average Bonchev–Trinajstić information content (AvgIpc) is 3.41. The lowest BCUT2D eigenvalue weighted by atomic mass is 10.0. The summed E-state index contributed by atoms with van der Waals surface area (Å²) in [5, 5.41) is 8.49. The second-order valence-electron chi connectivity index (χ2n) is 7.79. The number of H-pyrrole nitrogens is 1. The summed E-state index contributed by atoms with van der Waals surface area (Å²) in [6.45, 7) is 0. The van der Waals surface area contributed by atoms with Gasteiger partial charge in [0.2, 0.25) is 11.8 Å². The highest BCUT2D eigenvalue weighted by molar-refractivity contribution is 6.35. The number of para-hydroxylation sites is 2. The molecule has 0 fully saturated rings. The quantitative estimate of drug-likeness (QED) is 0.203. The van der Waals surface area contributed by atoms with Gasteiger partial charge < -0.3 is 26.7 Å². The zero-order valence-corrected chi connectivity index (χ0v) is 18.0. The van der Waals surface area contributed by atoms with E-state index in [1.165, 1.54) is 0 Å². The summed E-state index contributed by atoms with van der Waals surface area (Å²) >= 11 is 0. The van der Waals surface area contributed by atoms with Crippen LogP contribution < -0.4 is 21.7 Å². The molecule has 4 rings (SSSR count). The van der Waals surface area contributed by atoms with Crippen molar-refractivity contribution in [3.05, 3.63) is 72.1 Å². The zero-order valence-electron chi connectivity index (χ0n) is 18.0. The van der Waals surface area contributed by atoms with Gasteiger partial charge in [0.15, 0.2) is 0 Å². The van der Waals surface area contributed by atoms with Crippen molar-refractivity contribution in [3.8, 4) is 0 Å². The normalized spacial score (nSPS) is 13.5. The first-order valence-electron chi connectivity index (χ1n) is 10.7. The van der Waals surface area contributed by atoms with Crippen LogP contribution in [-0.2, 0) is 14.4 Å². The number of fused-ring (bicyclic) bond motifs is 1. The van der Waals surface area contributed by atoms with E-state index in [9.17, 15) is 14.4 Å². The standard InChI is InChI=1S/C25H25N5O3/c26-20-7-1-2-8-22(20)29-24(32)10-4-3-9-23(31)28-17-11-12-21-18(15-17)19(25(33)30-21)14-16-6-5-13-27-16/h1-2,5-8,11-15,27H,3-4,9-10,26H2,(H,28,31)(H,29,32)(H,30,33)/b19-14+. The first-order chi connectivity index (χ1) is 16.0. The third-order valence-electron chi connectivity index (χ3n) is 5.30. The number of hydrogen-bond acceptors (Lipinski definition) is 4. The molecular formula is C25H25N5O3. The lowest BCUT2D eigenvalue weighted by Gasteiger charge is -2.09. The van der Waals surface area contributed by atoms with Crippen LogP contribution in [0.4, 0.5) is 22.7 Å². The van der Waals surface area contributed by atoms with Crippen LogP contribution in [0.1, 0.15) is 36.9 Å². The van der Waals surface area contributed by atoms with Crippen LogP contribution in [0.2, 0.25) is 0 Å². The van der Waals surface area contributed by atoms with Gasteiger partial charge in [-0.05, 0) is 61.4 Å². The summed E-state index contributed by atoms with van der Waals surface area (Å²) in [6, 6.07) is 16.1. The molecule has 8 heteroatoms. The highest BCUT2D eigenvalue weighted by Crippen LogP contribution is 2.35. The van der Waals surface area contributed by atoms with Crippen LogP contribution in [0, 0.1) is 0 Å². The van der Waals surface area contributed by atoms with Gasteiger partial charge in [-0.15, -0.1) is 0 Å². The van der Waals surface area contributed by atoms with Crippen molar-refractivity contribution in [2.45, 2.75) is 25.7 Å². The molecule has 0 atom stereocenters. The summed E-state index contributed by atoms with van der Waals surface area (Å²) in [5.74, 6) is -0.459. The molecule has 0 radical (unpaired) electrons. The molecular weight excluding hydrogens is 418 g/mol. The predicted molar refractivity (Wildman–Crippen MR) is 130 cm³/mol. The van der Waals surface area contributed by atoms with Gasteiger partial charge in [0.1, 0.15) is 0 Å². The zero-order chi connectivity index (χ0) is 23.2. The van der Waals surface area contributed by atoms with Crippen molar-refractivity contribution in [1.82, 2.24) is 4.98 Å². The summed E-state index contributed by atoms with van der Waals surface area (Å²) in [6.07, 6.45) is 5.32. The van der Waals surface area contributed by atoms with E-state index in [1.807, 2.05) is 12.1 Å². The molecule has 0 spiro atoms. The molecule has 2 aromatic carbocycles. The van der Waals surface area contributed by atoms with E-state index >= 15 is 0 Å². The highest BCUT2D eigenvalue weighted by Gasteiger charge is 2.24. The number of benzene rings is 2. The first kappa shape index (κ1) is 21.9. The summed E-state index contributed by atoms with van der Waals surface area (Å²) < 4.78 is 0. The fraction of sp³-hybridized carbons (Fsp3) is 0.160. The molecule has 3 aromatic rings. The molecule has 0 saturated carbocycles. The number of nitrogen functional groups attached to an aromatic ring is 1. The Balaban J connectivity index is 1.27. The Kier molecular flexibility index (Phi) is 6.54. The van der Waals surface area contributed by atoms with E-state index in [-0.39, 0.29) is 17.7 Å². The molecule has 168 valence electrons. The molecule has 2 heterocycles. The van der Waals surface area contributed by atoms with Gasteiger partial charge in [0, 0.05) is 41.7 Å². The lowest BCUT2D eigenvalue weighted by Crippen LogP contribution is -2.14. The number of hydrogen-bond donors (Lipinski definition) is 5. The van der Waals surface area contributed by atoms with Gasteiger partial charge in [-0.3, -0.25) is 14.4 Å². The molecule has 1 aromatic heterocycles. The molecule has 1 aliphatic heterocycles. The van der Waals surface area contributed by atoms with Gasteiger partial charge in [0.25, 0.3) is 5.91 Å². The third kappa shape index (κ3) is 5.48. The minimum absolute atomic E-state index is 0.134. The highest BCUT2D eigenvalue weighted by atomic mass is 16.2. The van der Waals surface area contributed by atoms with Crippen LogP contribution in [-0.4, -0.2) is 22.7 Å². The Morgan fingerprint density at radius 2 is 1.70 bits per heavy atom. The Morgan fingerprint density at radius 3 is 2.42 bits per heavy atom. The van der Waals surface area contributed by atoms with E-state index in [4.69, 9.17) is 5.73 Å². The van der Waals surface area contributed by atoms with Crippen molar-refractivity contribution in [3.63, 3.8) is 0 Å². The van der Waals surface area contributed by atoms with Gasteiger partial charge >= 0.3 is 0 Å². The van der Waals surface area contributed by atoms with Crippen LogP contribution >= 0.6 is 0 Å². The molecule has 6 N–H and O–H groups in total. The number of nitrogens with two attached hydrogens (primary N) is 1. The van der Waals surface area contributed by atoms with Gasteiger partial charge in [-0.2, -0.15) is 0 Å². The Morgan fingerprint density at radius 1 is 0.939 bits per heavy atom. The number of anilines is 4. The van der Waals surface area contributed by atoms with Crippen molar-refractivity contribution >= 4 is 52.1 Å². The largest absolute Gasteiger partial charge is 0.397 e. The Labute approximate surface area is 191 Å². The van der Waals surface area contributed by atoms with E-state index < -0.39 is 0 Å². The maximum Gasteiger partial charge on any atom is 0.256 e. The Bertz CT molecular complexity index is 1210. The SMILES string of the molecule is Nc1ccccc1NC(=O)CCCCC(=O)Nc1ccc2c(c1)/C(=C\c1ccc[nH]1)C(=O)N2. The summed E-state index contributed by atoms with van der Waals surface area (Å²) in [7, 11) is 0. The third-order valence-corrected chi connectivity index (χ3v) is 5.30. The van der Waals surface area contributed by atoms with Crippen LogP contribution in [0.5, 0.6) is 0 Å². The van der Waals surface area contributed by atoms with E-state index in [0.717, 1.165) is 11.3 Å². The molecule has 33 heavy (non-hydrogen) atoms. The smallest absolute Gasteiger partial charge is 0.256 e. The summed E-state index contributed by atoms with van der Waals surface area (Å²) in [4.78, 5) is 39.8. The van der Waals surface area contributed by atoms with Crippen LogP contribution in [0.15, 0.2) is 60.8 Å². The molecule has 0 bridgehead atoms. The molecule has 0 aliphatic carbocycles. The number of unbranched alkanes of at least 4 members (excludes halogenated alkanes) is 1. The number of carbonyl (C=O) groups excluding carboxylic acids is 3. The van der Waals surface area contributed by atoms with Crippen molar-refractivity contribution in [2.24, 2.45) is 0 Å². The fourth-order valence-electron chi connectivity index (χ4n) is 3.62. The predicted octanol–water partition coefficient (Wildman–Crippen LogP) is 4.23. The van der Waals surface area contributed by atoms with E-state index in [2.05, 4.69) is 20.9 Å². The van der Waals surface area contributed by atoms with Gasteiger partial charge in [0.05, 0.1) is 16.9 Å². The van der Waals surface area contributed by atoms with Crippen LogP contribution in [0.25, 0.3) is 11.6 Å². The van der Waals surface area contributed by atoms with Gasteiger partial charge in [-0.1, -0.05) is 12.1 Å². The first-order valence-corrected chi connectivity index (χ1v) is 10.7. The van der Waals surface area contributed by atoms with Crippen LogP contribution in [0.3, 0.4) is 0 Å². The number of aromatic amines is 1. The number of nitrogens with one attached hydrogen (secondary N) is 4. The number of carbonyl (C=O) groups is 3. The molecule has 1 aliphatic rings. The summed E-state index contributed by atoms with van der Waals surface area (Å²) in [5.41, 5.74) is 10.4. The second kappa shape index (κ2) is 9.86. The topological polar surface area (TPSA) is 129 Å². The minimum Gasteiger partial charge on any atom is -0.397 e. The molecule has 0 unspecified atom stereocenters.